The first kappa shape index (κ1) is 18.7. The number of nitrogens with two attached hydrogens (primary N) is 2. The second kappa shape index (κ2) is 8.43. The van der Waals surface area contributed by atoms with Crippen LogP contribution in [-0.4, -0.2) is 35.8 Å². The summed E-state index contributed by atoms with van der Waals surface area (Å²) in [6.07, 6.45) is 1.60. The highest BCUT2D eigenvalue weighted by molar-refractivity contribution is 5.93. The first-order valence-electron chi connectivity index (χ1n) is 8.10. The van der Waals surface area contributed by atoms with E-state index in [1.165, 1.54) is 13.8 Å². The molecule has 0 radical (unpaired) electrons. The van der Waals surface area contributed by atoms with E-state index in [0.29, 0.717) is 18.6 Å². The minimum atomic E-state index is -0.509. The van der Waals surface area contributed by atoms with Gasteiger partial charge >= 0.3 is 0 Å². The summed E-state index contributed by atoms with van der Waals surface area (Å²) in [4.78, 5) is 27.7. The Morgan fingerprint density at radius 3 is 2.48 bits per heavy atom. The molecule has 0 heterocycles. The van der Waals surface area contributed by atoms with Gasteiger partial charge in [-0.1, -0.05) is 30.3 Å². The van der Waals surface area contributed by atoms with Gasteiger partial charge in [0.2, 0.25) is 5.91 Å². The molecule has 7 heteroatoms. The molecular weight excluding hydrogens is 320 g/mol. The van der Waals surface area contributed by atoms with Crippen molar-refractivity contribution < 1.29 is 14.3 Å². The van der Waals surface area contributed by atoms with Crippen LogP contribution in [-0.2, 0) is 20.9 Å². The van der Waals surface area contributed by atoms with Crippen LogP contribution in [0.3, 0.4) is 0 Å². The van der Waals surface area contributed by atoms with Crippen LogP contribution < -0.4 is 16.8 Å². The molecule has 0 fully saturated rings. The predicted octanol–water partition coefficient (Wildman–Crippen LogP) is 0.638. The molecule has 3 atom stereocenters. The molecule has 0 aromatic heterocycles. The lowest BCUT2D eigenvalue weighted by molar-refractivity contribution is -0.121. The van der Waals surface area contributed by atoms with E-state index in [-0.39, 0.29) is 17.6 Å². The molecule has 134 valence electrons. The van der Waals surface area contributed by atoms with Crippen LogP contribution in [0, 0.1) is 0 Å². The van der Waals surface area contributed by atoms with E-state index in [9.17, 15) is 9.59 Å². The number of benzene rings is 1. The highest BCUT2D eigenvalue weighted by atomic mass is 16.5. The van der Waals surface area contributed by atoms with Crippen LogP contribution in [0.25, 0.3) is 0 Å². The number of rotatable bonds is 6. The molecule has 1 aromatic rings. The number of carbonyl (C=O) groups excluding carboxylic acids is 2. The van der Waals surface area contributed by atoms with Crippen molar-refractivity contribution in [2.45, 2.75) is 45.1 Å². The molecule has 25 heavy (non-hydrogen) atoms. The molecule has 1 aromatic carbocycles. The number of nitrogens with zero attached hydrogens (tertiary/aromatic N) is 1. The topological polar surface area (TPSA) is 120 Å². The monoisotopic (exact) mass is 344 g/mol. The van der Waals surface area contributed by atoms with Crippen LogP contribution in [0.1, 0.15) is 25.8 Å². The van der Waals surface area contributed by atoms with Gasteiger partial charge in [-0.3, -0.25) is 9.59 Å². The Hall–Kier alpha value is -2.67. The van der Waals surface area contributed by atoms with E-state index in [4.69, 9.17) is 16.2 Å². The molecule has 0 unspecified atom stereocenters. The third-order valence-electron chi connectivity index (χ3n) is 3.99. The minimum Gasteiger partial charge on any atom is -0.370 e. The Morgan fingerprint density at radius 2 is 1.92 bits per heavy atom. The summed E-state index contributed by atoms with van der Waals surface area (Å²) in [7, 11) is 0. The van der Waals surface area contributed by atoms with Crippen LogP contribution >= 0.6 is 0 Å². The number of aliphatic imine (C=N–C) groups is 1. The van der Waals surface area contributed by atoms with Crippen LogP contribution in [0.15, 0.2) is 47.0 Å². The van der Waals surface area contributed by atoms with Crippen molar-refractivity contribution in [3.63, 3.8) is 0 Å². The van der Waals surface area contributed by atoms with Gasteiger partial charge in [0.05, 0.1) is 24.8 Å². The molecule has 1 amide bonds. The average Bonchev–Trinajstić information content (AvgIpc) is 2.54. The maximum absolute atomic E-state index is 11.9. The molecule has 0 saturated heterocycles. The number of hydrogen-bond donors (Lipinski definition) is 3. The first-order chi connectivity index (χ1) is 11.9. The first-order valence-corrected chi connectivity index (χ1v) is 8.10. The molecule has 1 aliphatic rings. The average molecular weight is 344 g/mol. The molecule has 0 aliphatic heterocycles. The lowest BCUT2D eigenvalue weighted by Crippen LogP contribution is -2.53. The van der Waals surface area contributed by atoms with Gasteiger partial charge in [0.15, 0.2) is 11.7 Å². The molecule has 1 aliphatic carbocycles. The van der Waals surface area contributed by atoms with Gasteiger partial charge in [-0.05, 0) is 24.1 Å². The van der Waals surface area contributed by atoms with Crippen molar-refractivity contribution in [2.75, 3.05) is 0 Å². The Labute approximate surface area is 147 Å². The number of nitrogens with one attached hydrogen (secondary N) is 1. The van der Waals surface area contributed by atoms with Crippen LogP contribution in [0.5, 0.6) is 0 Å². The SMILES string of the molecule is CC(=O)N[C@@H]1[C@@H](N=C(N)N)CC(C(C)=O)=C[C@H]1OCc1ccccc1. The summed E-state index contributed by atoms with van der Waals surface area (Å²) >= 11 is 0. The number of ketones is 1. The fourth-order valence-electron chi connectivity index (χ4n) is 2.85. The molecule has 5 N–H and O–H groups in total. The van der Waals surface area contributed by atoms with E-state index in [0.717, 1.165) is 5.56 Å². The van der Waals surface area contributed by atoms with Gasteiger partial charge < -0.3 is 21.5 Å². The molecule has 0 saturated carbocycles. The second-order valence-corrected chi connectivity index (χ2v) is 6.06. The van der Waals surface area contributed by atoms with Gasteiger partial charge in [0.1, 0.15) is 0 Å². The maximum atomic E-state index is 11.9. The fourth-order valence-corrected chi connectivity index (χ4v) is 2.85. The van der Waals surface area contributed by atoms with E-state index in [1.54, 1.807) is 6.08 Å². The third kappa shape index (κ3) is 5.42. The van der Waals surface area contributed by atoms with Crippen molar-refractivity contribution in [2.24, 2.45) is 16.5 Å². The van der Waals surface area contributed by atoms with Gasteiger partial charge in [0.25, 0.3) is 0 Å². The predicted molar refractivity (Wildman–Crippen MR) is 95.6 cm³/mol. The Morgan fingerprint density at radius 1 is 1.24 bits per heavy atom. The van der Waals surface area contributed by atoms with Crippen molar-refractivity contribution >= 4 is 17.6 Å². The minimum absolute atomic E-state index is 0.0645. The zero-order valence-corrected chi connectivity index (χ0v) is 14.4. The number of Topliss-reactive ketones (excluding diaryl/α,β-unsaturated/α-hetero) is 1. The van der Waals surface area contributed by atoms with Gasteiger partial charge in [-0.25, -0.2) is 4.99 Å². The zero-order valence-electron chi connectivity index (χ0n) is 14.4. The summed E-state index contributed by atoms with van der Waals surface area (Å²) in [5.41, 5.74) is 12.6. The van der Waals surface area contributed by atoms with Crippen molar-refractivity contribution in [1.82, 2.24) is 5.32 Å². The summed E-state index contributed by atoms with van der Waals surface area (Å²) in [6, 6.07) is 8.74. The molecule has 0 spiro atoms. The standard InChI is InChI=1S/C18H24N4O3/c1-11(23)14-8-15(22-18(19)20)17(21-12(2)24)16(9-14)25-10-13-6-4-3-5-7-13/h3-7,9,15-17H,8,10H2,1-2H3,(H,21,24)(H4,19,20,22)/t15-,16+,17+/m0/s1. The van der Waals surface area contributed by atoms with E-state index in [2.05, 4.69) is 10.3 Å². The van der Waals surface area contributed by atoms with E-state index < -0.39 is 18.2 Å². The molecule has 2 rings (SSSR count). The van der Waals surface area contributed by atoms with Gasteiger partial charge in [0, 0.05) is 13.3 Å². The Kier molecular flexibility index (Phi) is 6.30. The van der Waals surface area contributed by atoms with Gasteiger partial charge in [-0.15, -0.1) is 0 Å². The van der Waals surface area contributed by atoms with Crippen LogP contribution in [0.4, 0.5) is 0 Å². The van der Waals surface area contributed by atoms with Gasteiger partial charge in [-0.2, -0.15) is 0 Å². The molecule has 7 nitrogen and oxygen atoms in total. The van der Waals surface area contributed by atoms with Crippen LogP contribution in [0.2, 0.25) is 0 Å². The fraction of sp³-hybridized carbons (Fsp3) is 0.389. The zero-order chi connectivity index (χ0) is 18.4. The number of hydrogen-bond acceptors (Lipinski definition) is 4. The second-order valence-electron chi connectivity index (χ2n) is 6.06. The lowest BCUT2D eigenvalue weighted by atomic mass is 9.86. The third-order valence-corrected chi connectivity index (χ3v) is 3.99. The Balaban J connectivity index is 2.27. The van der Waals surface area contributed by atoms with Crippen molar-refractivity contribution in [3.05, 3.63) is 47.5 Å². The lowest BCUT2D eigenvalue weighted by Gasteiger charge is -2.35. The number of ether oxygens (including phenoxy) is 1. The number of guanidine groups is 1. The van der Waals surface area contributed by atoms with E-state index in [1.807, 2.05) is 30.3 Å². The summed E-state index contributed by atoms with van der Waals surface area (Å²) in [5.74, 6) is -0.369. The largest absolute Gasteiger partial charge is 0.370 e. The number of amides is 1. The summed E-state index contributed by atoms with van der Waals surface area (Å²) in [5, 5.41) is 2.85. The van der Waals surface area contributed by atoms with Crippen molar-refractivity contribution in [3.8, 4) is 0 Å². The maximum Gasteiger partial charge on any atom is 0.217 e. The highest BCUT2D eigenvalue weighted by Crippen LogP contribution is 2.25. The smallest absolute Gasteiger partial charge is 0.217 e. The summed E-state index contributed by atoms with van der Waals surface area (Å²) in [6.45, 7) is 3.26. The molecular formula is C18H24N4O3. The highest BCUT2D eigenvalue weighted by Gasteiger charge is 2.35. The summed E-state index contributed by atoms with van der Waals surface area (Å²) < 4.78 is 5.98. The Bertz CT molecular complexity index is 681. The quantitative estimate of drug-likeness (QED) is 0.517. The number of carbonyl (C=O) groups is 2. The normalized spacial score (nSPS) is 22.6. The molecule has 0 bridgehead atoms. The van der Waals surface area contributed by atoms with E-state index >= 15 is 0 Å². The van der Waals surface area contributed by atoms with Crippen molar-refractivity contribution in [1.29, 1.82) is 0 Å².